The maximum absolute atomic E-state index is 12.7. The largest absolute Gasteiger partial charge is 0.345 e. The van der Waals surface area contributed by atoms with E-state index >= 15 is 0 Å². The molecule has 0 aromatic carbocycles. The predicted octanol–water partition coefficient (Wildman–Crippen LogP) is 1.86. The van der Waals surface area contributed by atoms with Gasteiger partial charge in [-0.1, -0.05) is 6.07 Å². The molecule has 1 aliphatic heterocycles. The van der Waals surface area contributed by atoms with E-state index in [9.17, 15) is 4.79 Å². The normalized spacial score (nSPS) is 25.6. The Hall–Kier alpha value is -1.42. The molecule has 0 spiro atoms. The van der Waals surface area contributed by atoms with E-state index in [1.807, 2.05) is 36.3 Å². The zero-order valence-corrected chi connectivity index (χ0v) is 12.8. The van der Waals surface area contributed by atoms with Gasteiger partial charge in [-0.05, 0) is 50.3 Å². The fraction of sp³-hybridized carbons (Fsp3) is 0.647. The third-order valence-corrected chi connectivity index (χ3v) is 4.76. The maximum atomic E-state index is 12.7. The van der Waals surface area contributed by atoms with Gasteiger partial charge in [0.15, 0.2) is 0 Å². The molecule has 1 aromatic rings. The number of hydrogen-bond acceptors (Lipinski definition) is 3. The van der Waals surface area contributed by atoms with Crippen LogP contribution in [0.2, 0.25) is 0 Å². The minimum atomic E-state index is 0.181. The highest BCUT2D eigenvalue weighted by Gasteiger charge is 2.41. The van der Waals surface area contributed by atoms with Crippen molar-refractivity contribution in [3.63, 3.8) is 0 Å². The Kier molecular flexibility index (Phi) is 4.54. The maximum Gasteiger partial charge on any atom is 0.227 e. The number of carbonyl (C=O) groups excluding carboxylic acids is 1. The Morgan fingerprint density at radius 1 is 1.38 bits per heavy atom. The molecule has 114 valence electrons. The van der Waals surface area contributed by atoms with Gasteiger partial charge in [-0.3, -0.25) is 9.78 Å². The molecule has 1 aliphatic carbocycles. The van der Waals surface area contributed by atoms with Crippen LogP contribution in [0.1, 0.15) is 31.4 Å². The summed E-state index contributed by atoms with van der Waals surface area (Å²) in [6, 6.07) is 6.36. The van der Waals surface area contributed by atoms with Crippen LogP contribution in [-0.2, 0) is 11.2 Å². The Morgan fingerprint density at radius 2 is 2.24 bits per heavy atom. The van der Waals surface area contributed by atoms with Gasteiger partial charge in [-0.2, -0.15) is 0 Å². The number of piperidine rings is 1. The molecule has 4 nitrogen and oxygen atoms in total. The van der Waals surface area contributed by atoms with Crippen LogP contribution in [0.3, 0.4) is 0 Å². The third-order valence-electron chi connectivity index (χ3n) is 4.76. The molecule has 3 rings (SSSR count). The molecule has 1 saturated heterocycles. The molecule has 4 heteroatoms. The van der Waals surface area contributed by atoms with Crippen molar-refractivity contribution in [2.75, 3.05) is 20.1 Å². The van der Waals surface area contributed by atoms with E-state index in [1.54, 1.807) is 0 Å². The van der Waals surface area contributed by atoms with Gasteiger partial charge < -0.3 is 10.2 Å². The van der Waals surface area contributed by atoms with Gasteiger partial charge >= 0.3 is 0 Å². The first-order valence-electron chi connectivity index (χ1n) is 8.14. The van der Waals surface area contributed by atoms with E-state index in [-0.39, 0.29) is 5.92 Å². The second-order valence-corrected chi connectivity index (χ2v) is 6.40. The van der Waals surface area contributed by atoms with Gasteiger partial charge in [0.05, 0.1) is 5.92 Å². The highest BCUT2D eigenvalue weighted by atomic mass is 16.2. The van der Waals surface area contributed by atoms with Crippen LogP contribution in [0, 0.1) is 11.8 Å². The van der Waals surface area contributed by atoms with Crippen molar-refractivity contribution >= 4 is 5.91 Å². The van der Waals surface area contributed by atoms with Crippen LogP contribution < -0.4 is 5.32 Å². The number of pyridine rings is 1. The van der Waals surface area contributed by atoms with E-state index in [2.05, 4.69) is 10.3 Å². The number of rotatable bonds is 5. The quantitative estimate of drug-likeness (QED) is 0.899. The summed E-state index contributed by atoms with van der Waals surface area (Å²) in [5.41, 5.74) is 1.05. The SMILES string of the molecule is CN(CCc1ccccn1)C(=O)[C@@H]1CCCN[C@@H]1C1CC1. The molecule has 0 radical (unpaired) electrons. The minimum Gasteiger partial charge on any atom is -0.345 e. The molecular weight excluding hydrogens is 262 g/mol. The lowest BCUT2D eigenvalue weighted by Crippen LogP contribution is -2.50. The van der Waals surface area contributed by atoms with Crippen LogP contribution in [0.25, 0.3) is 0 Å². The second kappa shape index (κ2) is 6.56. The highest BCUT2D eigenvalue weighted by Crippen LogP contribution is 2.38. The summed E-state index contributed by atoms with van der Waals surface area (Å²) in [5.74, 6) is 1.23. The molecule has 1 N–H and O–H groups in total. The van der Waals surface area contributed by atoms with Gasteiger partial charge in [-0.25, -0.2) is 0 Å². The van der Waals surface area contributed by atoms with Crippen molar-refractivity contribution in [1.82, 2.24) is 15.2 Å². The molecule has 2 heterocycles. The number of amides is 1. The van der Waals surface area contributed by atoms with Crippen molar-refractivity contribution in [3.8, 4) is 0 Å². The lowest BCUT2D eigenvalue weighted by atomic mass is 9.86. The molecule has 2 atom stereocenters. The average molecular weight is 287 g/mol. The first kappa shape index (κ1) is 14.5. The highest BCUT2D eigenvalue weighted by molar-refractivity contribution is 5.79. The van der Waals surface area contributed by atoms with E-state index in [0.717, 1.165) is 44.0 Å². The van der Waals surface area contributed by atoms with Crippen molar-refractivity contribution in [1.29, 1.82) is 0 Å². The van der Waals surface area contributed by atoms with Gasteiger partial charge in [0.25, 0.3) is 0 Å². The first-order chi connectivity index (χ1) is 10.3. The van der Waals surface area contributed by atoms with Crippen LogP contribution in [0.15, 0.2) is 24.4 Å². The van der Waals surface area contributed by atoms with E-state index in [1.165, 1.54) is 12.8 Å². The summed E-state index contributed by atoms with van der Waals surface area (Å²) in [6.45, 7) is 1.83. The van der Waals surface area contributed by atoms with Crippen molar-refractivity contribution in [2.45, 2.75) is 38.1 Å². The minimum absolute atomic E-state index is 0.181. The van der Waals surface area contributed by atoms with Crippen molar-refractivity contribution in [3.05, 3.63) is 30.1 Å². The first-order valence-corrected chi connectivity index (χ1v) is 8.14. The van der Waals surface area contributed by atoms with Crippen molar-refractivity contribution in [2.24, 2.45) is 11.8 Å². The molecule has 1 amide bonds. The van der Waals surface area contributed by atoms with Gasteiger partial charge in [0.1, 0.15) is 0 Å². The zero-order chi connectivity index (χ0) is 14.7. The standard InChI is InChI=1S/C17H25N3O/c1-20(12-9-14-5-2-3-10-18-14)17(21)15-6-4-11-19-16(15)13-7-8-13/h2-3,5,10,13,15-16,19H,4,6-9,11-12H2,1H3/t15-,16-/m1/s1. The van der Waals surface area contributed by atoms with E-state index in [0.29, 0.717) is 11.9 Å². The number of aromatic nitrogens is 1. The molecule has 21 heavy (non-hydrogen) atoms. The van der Waals surface area contributed by atoms with Crippen LogP contribution in [-0.4, -0.2) is 42.0 Å². The number of likely N-dealkylation sites (N-methyl/N-ethyl adjacent to an activating group) is 1. The zero-order valence-electron chi connectivity index (χ0n) is 12.8. The Labute approximate surface area is 126 Å². The van der Waals surface area contributed by atoms with Gasteiger partial charge in [0.2, 0.25) is 5.91 Å². The fourth-order valence-electron chi connectivity index (χ4n) is 3.36. The molecule has 0 unspecified atom stereocenters. The number of nitrogens with zero attached hydrogens (tertiary/aromatic N) is 2. The summed E-state index contributed by atoms with van der Waals surface area (Å²) in [7, 11) is 1.93. The predicted molar refractivity (Wildman–Crippen MR) is 82.8 cm³/mol. The van der Waals surface area contributed by atoms with Crippen LogP contribution in [0.5, 0.6) is 0 Å². The topological polar surface area (TPSA) is 45.2 Å². The lowest BCUT2D eigenvalue weighted by molar-refractivity contribution is -0.136. The molecule has 1 aromatic heterocycles. The van der Waals surface area contributed by atoms with Crippen molar-refractivity contribution < 1.29 is 4.79 Å². The summed E-state index contributed by atoms with van der Waals surface area (Å²) in [5, 5.41) is 3.58. The summed E-state index contributed by atoms with van der Waals surface area (Å²) in [6.07, 6.45) is 7.38. The Bertz CT molecular complexity index is 472. The third kappa shape index (κ3) is 3.62. The molecule has 2 fully saturated rings. The molecular formula is C17H25N3O. The van der Waals surface area contributed by atoms with E-state index < -0.39 is 0 Å². The lowest BCUT2D eigenvalue weighted by Gasteiger charge is -2.34. The van der Waals surface area contributed by atoms with Crippen LogP contribution >= 0.6 is 0 Å². The second-order valence-electron chi connectivity index (χ2n) is 6.40. The van der Waals surface area contributed by atoms with E-state index in [4.69, 9.17) is 0 Å². The van der Waals surface area contributed by atoms with Gasteiger partial charge in [0, 0.05) is 37.9 Å². The number of nitrogens with one attached hydrogen (secondary N) is 1. The van der Waals surface area contributed by atoms with Crippen LogP contribution in [0.4, 0.5) is 0 Å². The fourth-order valence-corrected chi connectivity index (χ4v) is 3.36. The summed E-state index contributed by atoms with van der Waals surface area (Å²) in [4.78, 5) is 19.0. The summed E-state index contributed by atoms with van der Waals surface area (Å²) >= 11 is 0. The molecule has 1 saturated carbocycles. The smallest absolute Gasteiger partial charge is 0.227 e. The average Bonchev–Trinajstić information content (AvgIpc) is 3.38. The number of carbonyl (C=O) groups is 1. The Morgan fingerprint density at radius 3 is 2.95 bits per heavy atom. The number of hydrogen-bond donors (Lipinski definition) is 1. The monoisotopic (exact) mass is 287 g/mol. The molecule has 2 aliphatic rings. The summed E-state index contributed by atoms with van der Waals surface area (Å²) < 4.78 is 0. The Balaban J connectivity index is 1.55. The molecule has 0 bridgehead atoms. The van der Waals surface area contributed by atoms with Gasteiger partial charge in [-0.15, -0.1) is 0 Å².